The van der Waals surface area contributed by atoms with Gasteiger partial charge < -0.3 is 10.1 Å². The molecule has 1 N–H and O–H groups in total. The molecular formula is C38H44N6O4S. The van der Waals surface area contributed by atoms with Gasteiger partial charge >= 0.3 is 0 Å². The number of sulfonamides is 1. The van der Waals surface area contributed by atoms with Gasteiger partial charge in [-0.25, -0.2) is 13.1 Å². The maximum absolute atomic E-state index is 14.2. The molecule has 0 saturated carbocycles. The quantitative estimate of drug-likeness (QED) is 0.169. The Morgan fingerprint density at radius 1 is 1.06 bits per heavy atom. The number of aryl methyl sites for hydroxylation is 3. The monoisotopic (exact) mass is 680 g/mol. The molecule has 0 saturated heterocycles. The van der Waals surface area contributed by atoms with Crippen LogP contribution in [-0.4, -0.2) is 51.3 Å². The number of nitrogens with zero attached hydrogens (tertiary/aromatic N) is 5. The van der Waals surface area contributed by atoms with Gasteiger partial charge in [-0.3, -0.25) is 9.78 Å². The third-order valence-corrected chi connectivity index (χ3v) is 11.5. The van der Waals surface area contributed by atoms with Gasteiger partial charge in [-0.05, 0) is 84.8 Å². The SMILES string of the molecule is CCCn1nnc2c(C)c(C(c3ccc(C)c(CN4C[C@@H](CC)Oc5ccccc5S4(=O)=O)c3)C(C)(C)C(=O)Nc3cccnc3)ccc21. The van der Waals surface area contributed by atoms with E-state index in [-0.39, 0.29) is 30.0 Å². The number of hydrogen-bond acceptors (Lipinski definition) is 7. The molecule has 10 nitrogen and oxygen atoms in total. The topological polar surface area (TPSA) is 119 Å². The molecule has 0 spiro atoms. The molecule has 0 radical (unpaired) electrons. The molecule has 1 aliphatic rings. The lowest BCUT2D eigenvalue weighted by atomic mass is 9.69. The summed E-state index contributed by atoms with van der Waals surface area (Å²) in [6.07, 6.45) is 4.59. The third kappa shape index (κ3) is 6.57. The van der Waals surface area contributed by atoms with Crippen molar-refractivity contribution in [2.24, 2.45) is 5.41 Å². The molecule has 5 aromatic rings. The summed E-state index contributed by atoms with van der Waals surface area (Å²) in [7, 11) is -3.85. The predicted octanol–water partition coefficient (Wildman–Crippen LogP) is 7.01. The Balaban J connectivity index is 1.46. The Morgan fingerprint density at radius 2 is 1.86 bits per heavy atom. The van der Waals surface area contributed by atoms with Crippen molar-refractivity contribution in [3.05, 3.63) is 107 Å². The first-order valence-corrected chi connectivity index (χ1v) is 18.3. The van der Waals surface area contributed by atoms with Crippen molar-refractivity contribution in [3.63, 3.8) is 0 Å². The Kier molecular flexibility index (Phi) is 9.59. The van der Waals surface area contributed by atoms with Crippen molar-refractivity contribution in [3.8, 4) is 5.75 Å². The van der Waals surface area contributed by atoms with Gasteiger partial charge in [0.1, 0.15) is 22.3 Å². The second-order valence-electron chi connectivity index (χ2n) is 13.4. The molecule has 2 atom stereocenters. The Bertz CT molecular complexity index is 2090. The fraction of sp³-hybridized carbons (Fsp3) is 0.368. The van der Waals surface area contributed by atoms with E-state index < -0.39 is 21.4 Å². The Morgan fingerprint density at radius 3 is 2.59 bits per heavy atom. The van der Waals surface area contributed by atoms with Gasteiger partial charge in [0.2, 0.25) is 15.9 Å². The highest BCUT2D eigenvalue weighted by molar-refractivity contribution is 7.89. The maximum atomic E-state index is 14.2. The van der Waals surface area contributed by atoms with Gasteiger partial charge in [0, 0.05) is 25.2 Å². The molecule has 6 rings (SSSR count). The lowest BCUT2D eigenvalue weighted by Gasteiger charge is -2.35. The van der Waals surface area contributed by atoms with Gasteiger partial charge in [0.05, 0.1) is 29.4 Å². The van der Waals surface area contributed by atoms with E-state index in [1.54, 1.807) is 42.7 Å². The molecule has 0 aliphatic carbocycles. The van der Waals surface area contributed by atoms with E-state index in [9.17, 15) is 13.2 Å². The number of rotatable bonds is 10. The first kappa shape index (κ1) is 34.3. The largest absolute Gasteiger partial charge is 0.488 e. The summed E-state index contributed by atoms with van der Waals surface area (Å²) in [6.45, 7) is 13.2. The molecule has 3 heterocycles. The second kappa shape index (κ2) is 13.7. The van der Waals surface area contributed by atoms with Crippen LogP contribution in [-0.2, 0) is 27.9 Å². The van der Waals surface area contributed by atoms with Crippen LogP contribution in [0.4, 0.5) is 5.69 Å². The molecule has 1 amide bonds. The van der Waals surface area contributed by atoms with Crippen molar-refractivity contribution in [1.82, 2.24) is 24.3 Å². The maximum Gasteiger partial charge on any atom is 0.247 e. The zero-order chi connectivity index (χ0) is 34.9. The van der Waals surface area contributed by atoms with E-state index in [0.29, 0.717) is 17.9 Å². The number of aromatic nitrogens is 4. The van der Waals surface area contributed by atoms with Crippen LogP contribution in [0, 0.1) is 19.3 Å². The number of carbonyl (C=O) groups excluding carboxylic acids is 1. The summed E-state index contributed by atoms with van der Waals surface area (Å²) in [5, 5.41) is 12.1. The summed E-state index contributed by atoms with van der Waals surface area (Å²) < 4.78 is 37.7. The summed E-state index contributed by atoms with van der Waals surface area (Å²) in [6, 6.07) is 20.7. The zero-order valence-corrected chi connectivity index (χ0v) is 29.8. The van der Waals surface area contributed by atoms with Crippen LogP contribution in [0.25, 0.3) is 11.0 Å². The molecule has 256 valence electrons. The highest BCUT2D eigenvalue weighted by Gasteiger charge is 2.41. The summed E-state index contributed by atoms with van der Waals surface area (Å²) in [5.74, 6) is -0.209. The van der Waals surface area contributed by atoms with Crippen molar-refractivity contribution in [2.75, 3.05) is 11.9 Å². The van der Waals surface area contributed by atoms with E-state index in [4.69, 9.17) is 4.74 Å². The van der Waals surface area contributed by atoms with Crippen LogP contribution in [0.3, 0.4) is 0 Å². The van der Waals surface area contributed by atoms with E-state index in [1.807, 2.05) is 63.6 Å². The highest BCUT2D eigenvalue weighted by atomic mass is 32.2. The van der Waals surface area contributed by atoms with Gasteiger partial charge in [0.15, 0.2) is 0 Å². The number of ether oxygens (including phenoxy) is 1. The Hall–Kier alpha value is -4.61. The fourth-order valence-corrected chi connectivity index (χ4v) is 8.32. The summed E-state index contributed by atoms with van der Waals surface area (Å²) in [4.78, 5) is 18.5. The van der Waals surface area contributed by atoms with E-state index in [0.717, 1.165) is 51.8 Å². The number of anilines is 1. The third-order valence-electron chi connectivity index (χ3n) is 9.63. The minimum Gasteiger partial charge on any atom is -0.488 e. The van der Waals surface area contributed by atoms with Gasteiger partial charge in [-0.2, -0.15) is 4.31 Å². The smallest absolute Gasteiger partial charge is 0.247 e. The molecule has 0 bridgehead atoms. The molecule has 49 heavy (non-hydrogen) atoms. The van der Waals surface area contributed by atoms with Gasteiger partial charge in [-0.1, -0.05) is 69.3 Å². The number of nitrogens with one attached hydrogen (secondary N) is 1. The number of fused-ring (bicyclic) bond motifs is 2. The van der Waals surface area contributed by atoms with Gasteiger partial charge in [-0.15, -0.1) is 5.10 Å². The number of para-hydroxylation sites is 1. The first-order chi connectivity index (χ1) is 23.4. The lowest BCUT2D eigenvalue weighted by molar-refractivity contribution is -0.124. The van der Waals surface area contributed by atoms with E-state index >= 15 is 0 Å². The summed E-state index contributed by atoms with van der Waals surface area (Å²) >= 11 is 0. The highest BCUT2D eigenvalue weighted by Crippen LogP contribution is 2.45. The second-order valence-corrected chi connectivity index (χ2v) is 15.3. The number of benzene rings is 3. The van der Waals surface area contributed by atoms with Crippen LogP contribution in [0.2, 0.25) is 0 Å². The van der Waals surface area contributed by atoms with Crippen LogP contribution in [0.5, 0.6) is 5.75 Å². The molecule has 2 aromatic heterocycles. The number of pyridine rings is 1. The molecule has 1 unspecified atom stereocenters. The van der Waals surface area contributed by atoms with Crippen molar-refractivity contribution < 1.29 is 17.9 Å². The number of carbonyl (C=O) groups is 1. The summed E-state index contributed by atoms with van der Waals surface area (Å²) in [5.41, 5.74) is 6.00. The van der Waals surface area contributed by atoms with Crippen LogP contribution < -0.4 is 10.1 Å². The van der Waals surface area contributed by atoms with E-state index in [2.05, 4.69) is 39.7 Å². The van der Waals surface area contributed by atoms with Gasteiger partial charge in [0.25, 0.3) is 0 Å². The Labute approximate surface area is 288 Å². The zero-order valence-electron chi connectivity index (χ0n) is 29.0. The minimum atomic E-state index is -3.85. The minimum absolute atomic E-state index is 0.161. The molecule has 1 aliphatic heterocycles. The average Bonchev–Trinajstić information content (AvgIpc) is 3.46. The van der Waals surface area contributed by atoms with E-state index in [1.165, 1.54) is 4.31 Å². The normalized spacial score (nSPS) is 16.8. The average molecular weight is 681 g/mol. The van der Waals surface area contributed by atoms with Crippen LogP contribution >= 0.6 is 0 Å². The lowest BCUT2D eigenvalue weighted by Crippen LogP contribution is -2.38. The fourth-order valence-electron chi connectivity index (χ4n) is 6.75. The number of amides is 1. The number of hydrogen-bond donors (Lipinski definition) is 1. The van der Waals surface area contributed by atoms with Crippen molar-refractivity contribution in [2.45, 2.75) is 84.4 Å². The van der Waals surface area contributed by atoms with Crippen molar-refractivity contribution in [1.29, 1.82) is 0 Å². The first-order valence-electron chi connectivity index (χ1n) is 16.8. The standard InChI is InChI=1S/C38H44N6O4S/c1-7-20-44-32-18-17-31(26(4)36(32)41-42-44)35(38(5,6)37(45)40-29-12-11-19-39-22-29)27-16-15-25(3)28(21-27)23-43-24-30(8-2)48-33-13-9-10-14-34(33)49(43,46)47/h9-19,21-22,30,35H,7-8,20,23-24H2,1-6H3,(H,40,45)/t30-,35?/m1/s1. The van der Waals surface area contributed by atoms with Crippen LogP contribution in [0.1, 0.15) is 74.3 Å². The van der Waals surface area contributed by atoms with Crippen molar-refractivity contribution >= 4 is 32.7 Å². The molecule has 3 aromatic carbocycles. The predicted molar refractivity (Wildman–Crippen MR) is 191 cm³/mol. The van der Waals surface area contributed by atoms with Crippen LogP contribution in [0.15, 0.2) is 84.0 Å². The molecular weight excluding hydrogens is 637 g/mol. The molecule has 11 heteroatoms. The molecule has 0 fully saturated rings.